The van der Waals surface area contributed by atoms with E-state index in [1.54, 1.807) is 6.07 Å². The molecule has 4 rings (SSSR count). The molecule has 1 aromatic heterocycles. The van der Waals surface area contributed by atoms with Gasteiger partial charge in [0.2, 0.25) is 0 Å². The lowest BCUT2D eigenvalue weighted by molar-refractivity contribution is 0.245. The van der Waals surface area contributed by atoms with Gasteiger partial charge in [-0.1, -0.05) is 12.1 Å². The molecule has 0 N–H and O–H groups in total. The Kier molecular flexibility index (Phi) is 4.91. The Morgan fingerprint density at radius 2 is 1.63 bits per heavy atom. The van der Waals surface area contributed by atoms with E-state index >= 15 is 0 Å². The van der Waals surface area contributed by atoms with Gasteiger partial charge >= 0.3 is 0 Å². The summed E-state index contributed by atoms with van der Waals surface area (Å²) in [4.78, 5) is 4.51. The maximum Gasteiger partial charge on any atom is 0.146 e. The summed E-state index contributed by atoms with van der Waals surface area (Å²) in [6.07, 6.45) is 2.05. The molecule has 0 spiro atoms. The average Bonchev–Trinajstić information content (AvgIpc) is 3.17. The van der Waals surface area contributed by atoms with Crippen molar-refractivity contribution in [2.45, 2.75) is 6.54 Å². The number of aromatic nitrogens is 1. The number of halogens is 1. The van der Waals surface area contributed by atoms with E-state index in [1.807, 2.05) is 48.7 Å². The summed E-state index contributed by atoms with van der Waals surface area (Å²) < 4.78 is 16.1. The molecule has 0 saturated carbocycles. The van der Waals surface area contributed by atoms with Gasteiger partial charge in [-0.15, -0.1) is 0 Å². The SMILES string of the molecule is N#Cc1ccc(-n2cccc2CN2CCN(c3ccccc3F)CC2)cc1. The summed E-state index contributed by atoms with van der Waals surface area (Å²) in [5.74, 6) is -0.152. The van der Waals surface area contributed by atoms with Gasteiger partial charge in [0, 0.05) is 50.3 Å². The molecule has 3 aromatic rings. The molecule has 0 atom stereocenters. The van der Waals surface area contributed by atoms with Crippen molar-refractivity contribution in [2.24, 2.45) is 0 Å². The van der Waals surface area contributed by atoms with Crippen LogP contribution in [0.25, 0.3) is 5.69 Å². The second-order valence-electron chi connectivity index (χ2n) is 6.74. The zero-order valence-electron chi connectivity index (χ0n) is 15.1. The Balaban J connectivity index is 1.42. The average molecular weight is 360 g/mol. The quantitative estimate of drug-likeness (QED) is 0.710. The molecule has 0 amide bonds. The van der Waals surface area contributed by atoms with Gasteiger partial charge < -0.3 is 9.47 Å². The largest absolute Gasteiger partial charge is 0.367 e. The van der Waals surface area contributed by atoms with Crippen LogP contribution < -0.4 is 4.90 Å². The zero-order valence-corrected chi connectivity index (χ0v) is 15.1. The first-order valence-electron chi connectivity index (χ1n) is 9.13. The van der Waals surface area contributed by atoms with Crippen molar-refractivity contribution in [2.75, 3.05) is 31.1 Å². The molecule has 136 valence electrons. The Morgan fingerprint density at radius 1 is 0.889 bits per heavy atom. The molecule has 0 bridgehead atoms. The standard InChI is InChI=1S/C22H21FN4/c23-21-5-1-2-6-22(21)26-14-12-25(13-15-26)17-20-4-3-11-27(20)19-9-7-18(16-24)8-10-19/h1-11H,12-15,17H2. The van der Waals surface area contributed by atoms with Crippen LogP contribution in [0.4, 0.5) is 10.1 Å². The van der Waals surface area contributed by atoms with Crippen molar-refractivity contribution in [1.82, 2.24) is 9.47 Å². The topological polar surface area (TPSA) is 35.2 Å². The van der Waals surface area contributed by atoms with Crippen molar-refractivity contribution in [3.05, 3.63) is 83.9 Å². The Hall–Kier alpha value is -3.10. The first-order chi connectivity index (χ1) is 13.2. The third-order valence-corrected chi connectivity index (χ3v) is 5.06. The molecule has 5 heteroatoms. The van der Waals surface area contributed by atoms with Gasteiger partial charge in [-0.3, -0.25) is 4.90 Å². The van der Waals surface area contributed by atoms with Crippen molar-refractivity contribution < 1.29 is 4.39 Å². The molecular weight excluding hydrogens is 339 g/mol. The van der Waals surface area contributed by atoms with Crippen LogP contribution in [0.5, 0.6) is 0 Å². The highest BCUT2D eigenvalue weighted by molar-refractivity contribution is 5.48. The molecule has 1 fully saturated rings. The monoisotopic (exact) mass is 360 g/mol. The molecule has 1 aliphatic heterocycles. The number of anilines is 1. The number of benzene rings is 2. The summed E-state index contributed by atoms with van der Waals surface area (Å²) >= 11 is 0. The van der Waals surface area contributed by atoms with Crippen LogP contribution in [-0.4, -0.2) is 35.6 Å². The van der Waals surface area contributed by atoms with E-state index in [9.17, 15) is 4.39 Å². The highest BCUT2D eigenvalue weighted by atomic mass is 19.1. The minimum absolute atomic E-state index is 0.152. The third-order valence-electron chi connectivity index (χ3n) is 5.06. The fraction of sp³-hybridized carbons (Fsp3) is 0.227. The summed E-state index contributed by atoms with van der Waals surface area (Å²) in [5, 5.41) is 8.96. The fourth-order valence-electron chi connectivity index (χ4n) is 3.58. The second kappa shape index (κ2) is 7.65. The molecule has 0 unspecified atom stereocenters. The van der Waals surface area contributed by atoms with Crippen molar-refractivity contribution in [3.8, 4) is 11.8 Å². The number of nitrogens with zero attached hydrogens (tertiary/aromatic N) is 4. The van der Waals surface area contributed by atoms with Crippen molar-refractivity contribution in [1.29, 1.82) is 5.26 Å². The highest BCUT2D eigenvalue weighted by Crippen LogP contribution is 2.21. The molecule has 4 nitrogen and oxygen atoms in total. The number of hydrogen-bond donors (Lipinski definition) is 0. The first-order valence-corrected chi connectivity index (χ1v) is 9.13. The van der Waals surface area contributed by atoms with E-state index in [2.05, 4.69) is 26.5 Å². The van der Waals surface area contributed by atoms with Crippen molar-refractivity contribution in [3.63, 3.8) is 0 Å². The predicted octanol–water partition coefficient (Wildman–Crippen LogP) is 3.81. The molecule has 2 aromatic carbocycles. The maximum atomic E-state index is 14.0. The van der Waals surface area contributed by atoms with Gasteiger partial charge in [0.05, 0.1) is 17.3 Å². The number of rotatable bonds is 4. The minimum Gasteiger partial charge on any atom is -0.367 e. The van der Waals surface area contributed by atoms with Crippen LogP contribution in [-0.2, 0) is 6.54 Å². The summed E-state index contributed by atoms with van der Waals surface area (Å²) in [7, 11) is 0. The van der Waals surface area contributed by atoms with E-state index in [4.69, 9.17) is 5.26 Å². The van der Waals surface area contributed by atoms with Crippen LogP contribution in [0.1, 0.15) is 11.3 Å². The second-order valence-corrected chi connectivity index (χ2v) is 6.74. The summed E-state index contributed by atoms with van der Waals surface area (Å²) in [6, 6.07) is 20.9. The van der Waals surface area contributed by atoms with Gasteiger partial charge in [0.25, 0.3) is 0 Å². The molecule has 0 aliphatic carbocycles. The maximum absolute atomic E-state index is 14.0. The molecule has 1 aliphatic rings. The smallest absolute Gasteiger partial charge is 0.146 e. The highest BCUT2D eigenvalue weighted by Gasteiger charge is 2.20. The van der Waals surface area contributed by atoms with Gasteiger partial charge in [-0.25, -0.2) is 4.39 Å². The lowest BCUT2D eigenvalue weighted by Gasteiger charge is -2.36. The van der Waals surface area contributed by atoms with Crippen LogP contribution in [0.2, 0.25) is 0 Å². The number of hydrogen-bond acceptors (Lipinski definition) is 3. The Bertz CT molecular complexity index is 947. The number of para-hydroxylation sites is 1. The van der Waals surface area contributed by atoms with E-state index < -0.39 is 0 Å². The van der Waals surface area contributed by atoms with Gasteiger partial charge in [0.1, 0.15) is 5.82 Å². The number of piperazine rings is 1. The van der Waals surface area contributed by atoms with Gasteiger partial charge in [-0.2, -0.15) is 5.26 Å². The van der Waals surface area contributed by atoms with E-state index in [0.717, 1.165) is 38.4 Å². The lowest BCUT2D eigenvalue weighted by Crippen LogP contribution is -2.46. The molecular formula is C22H21FN4. The summed E-state index contributed by atoms with van der Waals surface area (Å²) in [5.41, 5.74) is 3.62. The normalized spacial score (nSPS) is 14.9. The van der Waals surface area contributed by atoms with Gasteiger partial charge in [0.15, 0.2) is 0 Å². The molecule has 0 radical (unpaired) electrons. The molecule has 2 heterocycles. The van der Waals surface area contributed by atoms with Crippen LogP contribution >= 0.6 is 0 Å². The fourth-order valence-corrected chi connectivity index (χ4v) is 3.58. The van der Waals surface area contributed by atoms with E-state index in [-0.39, 0.29) is 5.82 Å². The Morgan fingerprint density at radius 3 is 2.33 bits per heavy atom. The molecule has 27 heavy (non-hydrogen) atoms. The van der Waals surface area contributed by atoms with Crippen LogP contribution in [0.3, 0.4) is 0 Å². The van der Waals surface area contributed by atoms with Crippen LogP contribution in [0.15, 0.2) is 66.9 Å². The number of nitriles is 1. The lowest BCUT2D eigenvalue weighted by atomic mass is 10.2. The third kappa shape index (κ3) is 3.71. The van der Waals surface area contributed by atoms with Crippen molar-refractivity contribution >= 4 is 5.69 Å². The van der Waals surface area contributed by atoms with Crippen LogP contribution in [0, 0.1) is 17.1 Å². The Labute approximate surface area is 158 Å². The van der Waals surface area contributed by atoms with E-state index in [0.29, 0.717) is 11.3 Å². The first kappa shape index (κ1) is 17.3. The zero-order chi connectivity index (χ0) is 18.6. The predicted molar refractivity (Wildman–Crippen MR) is 104 cm³/mol. The summed E-state index contributed by atoms with van der Waals surface area (Å²) in [6.45, 7) is 4.27. The minimum atomic E-state index is -0.152. The molecule has 1 saturated heterocycles. The van der Waals surface area contributed by atoms with Gasteiger partial charge in [-0.05, 0) is 48.5 Å². The van der Waals surface area contributed by atoms with E-state index in [1.165, 1.54) is 11.8 Å².